The second-order valence-corrected chi connectivity index (χ2v) is 9.06. The van der Waals surface area contributed by atoms with Crippen molar-refractivity contribution in [2.45, 2.75) is 54.8 Å². The summed E-state index contributed by atoms with van der Waals surface area (Å²) in [7, 11) is -3.66. The minimum absolute atomic E-state index is 0.0259. The first kappa shape index (κ1) is 17.0. The summed E-state index contributed by atoms with van der Waals surface area (Å²) < 4.78 is 46.8. The summed E-state index contributed by atoms with van der Waals surface area (Å²) in [6.45, 7) is 2.10. The largest absolute Gasteiger partial charge is 0.491 e. The Labute approximate surface area is 141 Å². The number of sulfonamides is 1. The van der Waals surface area contributed by atoms with Crippen molar-refractivity contribution in [3.8, 4) is 5.75 Å². The van der Waals surface area contributed by atoms with Crippen molar-refractivity contribution in [2.75, 3.05) is 12.9 Å². The lowest BCUT2D eigenvalue weighted by Crippen LogP contribution is -2.47. The van der Waals surface area contributed by atoms with Gasteiger partial charge >= 0.3 is 0 Å². The topological polar surface area (TPSA) is 46.6 Å². The zero-order valence-corrected chi connectivity index (χ0v) is 15.0. The molecule has 2 bridgehead atoms. The SMILES string of the molecule is CCOc1ccc(S(=O)(=O)N2C3CCC2CC(SC)C3)cc1F. The van der Waals surface area contributed by atoms with Crippen molar-refractivity contribution >= 4 is 21.8 Å². The van der Waals surface area contributed by atoms with Gasteiger partial charge in [0.15, 0.2) is 11.6 Å². The molecule has 0 spiro atoms. The minimum Gasteiger partial charge on any atom is -0.491 e. The molecule has 128 valence electrons. The number of fused-ring (bicyclic) bond motifs is 2. The maximum atomic E-state index is 14.0. The molecule has 1 aromatic rings. The Morgan fingerprint density at radius 1 is 1.30 bits per heavy atom. The summed E-state index contributed by atoms with van der Waals surface area (Å²) in [4.78, 5) is 0.0259. The molecule has 7 heteroatoms. The molecule has 2 aliphatic rings. The maximum Gasteiger partial charge on any atom is 0.243 e. The number of thioether (sulfide) groups is 1. The number of ether oxygens (including phenoxy) is 1. The van der Waals surface area contributed by atoms with Gasteiger partial charge in [0.1, 0.15) is 0 Å². The summed E-state index contributed by atoms with van der Waals surface area (Å²) in [6.07, 6.45) is 5.66. The molecule has 23 heavy (non-hydrogen) atoms. The van der Waals surface area contributed by atoms with Crippen LogP contribution in [-0.2, 0) is 10.0 Å². The van der Waals surface area contributed by atoms with Crippen molar-refractivity contribution in [3.63, 3.8) is 0 Å². The van der Waals surface area contributed by atoms with Crippen LogP contribution in [0.4, 0.5) is 4.39 Å². The van der Waals surface area contributed by atoms with E-state index in [0.717, 1.165) is 31.7 Å². The molecule has 0 aromatic heterocycles. The van der Waals surface area contributed by atoms with E-state index in [-0.39, 0.29) is 22.7 Å². The molecule has 2 heterocycles. The van der Waals surface area contributed by atoms with E-state index in [1.807, 2.05) is 11.8 Å². The van der Waals surface area contributed by atoms with E-state index in [1.165, 1.54) is 12.1 Å². The van der Waals surface area contributed by atoms with Crippen molar-refractivity contribution in [1.82, 2.24) is 4.31 Å². The smallest absolute Gasteiger partial charge is 0.243 e. The number of hydrogen-bond acceptors (Lipinski definition) is 4. The third kappa shape index (κ3) is 3.10. The van der Waals surface area contributed by atoms with Crippen molar-refractivity contribution < 1.29 is 17.5 Å². The Bertz CT molecular complexity index is 666. The second kappa shape index (κ2) is 6.61. The van der Waals surface area contributed by atoms with Gasteiger partial charge in [-0.1, -0.05) is 0 Å². The molecule has 0 saturated carbocycles. The third-order valence-electron chi connectivity index (χ3n) is 4.73. The van der Waals surface area contributed by atoms with Gasteiger partial charge in [-0.25, -0.2) is 12.8 Å². The highest BCUT2D eigenvalue weighted by Crippen LogP contribution is 2.42. The zero-order valence-electron chi connectivity index (χ0n) is 13.4. The van der Waals surface area contributed by atoms with Crippen LogP contribution in [0.1, 0.15) is 32.6 Å². The van der Waals surface area contributed by atoms with Gasteiger partial charge in [-0.2, -0.15) is 16.1 Å². The van der Waals surface area contributed by atoms with Gasteiger partial charge in [-0.05, 0) is 57.1 Å². The van der Waals surface area contributed by atoms with Crippen LogP contribution in [-0.4, -0.2) is 42.9 Å². The minimum atomic E-state index is -3.66. The Kier molecular flexibility index (Phi) is 4.90. The Balaban J connectivity index is 1.89. The van der Waals surface area contributed by atoms with Gasteiger partial charge in [-0.15, -0.1) is 0 Å². The summed E-state index contributed by atoms with van der Waals surface area (Å²) in [6, 6.07) is 4.03. The van der Waals surface area contributed by atoms with Crippen LogP contribution >= 0.6 is 11.8 Å². The molecular formula is C16H22FNO3S2. The molecule has 3 rings (SSSR count). The second-order valence-electron chi connectivity index (χ2n) is 6.07. The number of halogens is 1. The maximum absolute atomic E-state index is 14.0. The Morgan fingerprint density at radius 3 is 2.48 bits per heavy atom. The summed E-state index contributed by atoms with van der Waals surface area (Å²) in [5.41, 5.74) is 0. The van der Waals surface area contributed by atoms with E-state index in [1.54, 1.807) is 11.2 Å². The molecule has 0 N–H and O–H groups in total. The number of benzene rings is 1. The highest BCUT2D eigenvalue weighted by Gasteiger charge is 2.47. The molecule has 4 nitrogen and oxygen atoms in total. The zero-order chi connectivity index (χ0) is 16.6. The average Bonchev–Trinajstić information content (AvgIpc) is 2.81. The van der Waals surface area contributed by atoms with Crippen LogP contribution in [0.3, 0.4) is 0 Å². The summed E-state index contributed by atoms with van der Waals surface area (Å²) in [5, 5.41) is 0.524. The van der Waals surface area contributed by atoms with E-state index in [0.29, 0.717) is 11.9 Å². The van der Waals surface area contributed by atoms with Crippen LogP contribution in [0.5, 0.6) is 5.75 Å². The van der Waals surface area contributed by atoms with Gasteiger partial charge in [0.2, 0.25) is 10.0 Å². The van der Waals surface area contributed by atoms with Gasteiger partial charge in [0.25, 0.3) is 0 Å². The molecule has 1 aromatic carbocycles. The molecule has 2 atom stereocenters. The Hall–Kier alpha value is -0.790. The predicted molar refractivity (Wildman–Crippen MR) is 89.9 cm³/mol. The highest BCUT2D eigenvalue weighted by molar-refractivity contribution is 7.99. The molecule has 2 saturated heterocycles. The normalized spacial score (nSPS) is 28.0. The third-order valence-corrected chi connectivity index (χ3v) is 7.79. The predicted octanol–water partition coefficient (Wildman–Crippen LogP) is 3.27. The van der Waals surface area contributed by atoms with Crippen LogP contribution in [0, 0.1) is 5.82 Å². The highest BCUT2D eigenvalue weighted by atomic mass is 32.2. The van der Waals surface area contributed by atoms with E-state index >= 15 is 0 Å². The van der Waals surface area contributed by atoms with E-state index in [9.17, 15) is 12.8 Å². The standard InChI is InChI=1S/C16H22FNO3S2/c1-3-21-16-7-6-14(10-15(16)17)23(19,20)18-11-4-5-12(18)9-13(8-11)22-2/h6-7,10-13H,3-5,8-9H2,1-2H3. The van der Waals surface area contributed by atoms with E-state index in [2.05, 4.69) is 6.26 Å². The first-order valence-electron chi connectivity index (χ1n) is 7.96. The molecule has 0 aliphatic carbocycles. The first-order valence-corrected chi connectivity index (χ1v) is 10.7. The quantitative estimate of drug-likeness (QED) is 0.809. The van der Waals surface area contributed by atoms with Crippen molar-refractivity contribution in [2.24, 2.45) is 0 Å². The van der Waals surface area contributed by atoms with Crippen LogP contribution in [0.15, 0.2) is 23.1 Å². The fraction of sp³-hybridized carbons (Fsp3) is 0.625. The molecule has 0 amide bonds. The van der Waals surface area contributed by atoms with E-state index in [4.69, 9.17) is 4.74 Å². The lowest BCUT2D eigenvalue weighted by atomic mass is 10.1. The fourth-order valence-corrected chi connectivity index (χ4v) is 6.44. The van der Waals surface area contributed by atoms with E-state index < -0.39 is 15.8 Å². The average molecular weight is 359 g/mol. The van der Waals surface area contributed by atoms with Gasteiger partial charge in [0.05, 0.1) is 11.5 Å². The van der Waals surface area contributed by atoms with Crippen molar-refractivity contribution in [3.05, 3.63) is 24.0 Å². The van der Waals surface area contributed by atoms with Gasteiger partial charge in [-0.3, -0.25) is 0 Å². The van der Waals surface area contributed by atoms with Crippen LogP contribution in [0.25, 0.3) is 0 Å². The monoisotopic (exact) mass is 359 g/mol. The van der Waals surface area contributed by atoms with Crippen LogP contribution < -0.4 is 4.74 Å². The summed E-state index contributed by atoms with van der Waals surface area (Å²) in [5.74, 6) is -0.533. The lowest BCUT2D eigenvalue weighted by Gasteiger charge is -2.37. The number of rotatable bonds is 5. The molecular weight excluding hydrogens is 337 g/mol. The molecule has 0 radical (unpaired) electrons. The lowest BCUT2D eigenvalue weighted by molar-refractivity contribution is 0.253. The number of piperidine rings is 1. The number of hydrogen-bond donors (Lipinski definition) is 0. The first-order chi connectivity index (χ1) is 11.0. The fourth-order valence-electron chi connectivity index (χ4n) is 3.71. The summed E-state index contributed by atoms with van der Waals surface area (Å²) >= 11 is 1.81. The molecule has 2 unspecified atom stereocenters. The Morgan fingerprint density at radius 2 is 1.96 bits per heavy atom. The van der Waals surface area contributed by atoms with Crippen molar-refractivity contribution in [1.29, 1.82) is 0 Å². The molecule has 2 aliphatic heterocycles. The molecule has 2 fully saturated rings. The van der Waals surface area contributed by atoms with Gasteiger partial charge in [0, 0.05) is 17.3 Å². The van der Waals surface area contributed by atoms with Gasteiger partial charge < -0.3 is 4.74 Å². The van der Waals surface area contributed by atoms with Crippen LogP contribution in [0.2, 0.25) is 0 Å². The number of nitrogens with zero attached hydrogens (tertiary/aromatic N) is 1.